The average molecular weight is 2070 g/mol. The monoisotopic (exact) mass is 2070 g/mol. The molecule has 14 atom stereocenters. The SMILES string of the molecule is C.C=C(N[C@@H](C)c1ccc(-c2scnc2C)cc1)[C@H]1C[C@H](O)CN1C(=O)[C@@H](NC(C)C)C(C)(C)C.C=C(N[C@@H](CO)c1ccc(-c2scnc2C)cc1)[C@@H]1C[C@@H](O)CN1C(=O)[C@@H](NC(C)C)C(C)(C)C.CC(C)N[C@H](C(=O)N1C[C@H](O)C[C@H]1C(=O)NCc1ccc(-c2cccn2C)cc1)C(C)(C)C.[C-]#[N+]c1cccc2c1C(=O)N([C@H](C(=O)N1C[C@H](O)C[C@H]1C(=O)NCc1ccc(-c3scnc3C)cc1OC(C)C)C(C)C)C2. The van der Waals surface area contributed by atoms with Gasteiger partial charge in [0.15, 0.2) is 5.69 Å². The molecule has 12 N–H and O–H groups in total. The second kappa shape index (κ2) is 51.2. The summed E-state index contributed by atoms with van der Waals surface area (Å²) in [5.41, 5.74) is 19.6. The standard InChI is InChI=1S/C33H37N5O5S.C27H40N4O3S.C27H40N4O2S.C26H38N4O3.CH4/c1-18(2)29(38-15-23-8-7-9-25(34-6)28(23)32(38)41)33(42)37-16-24(39)13-26(37)31(40)35-14-22-11-10-21(12-27(22)43-19(3)4)30-20(5)36-17-44-30;1-16(2)29-25(27(5,6)7)26(34)31-13-21(33)12-23(31)17(3)30-22(14-32)19-8-10-20(11-9-19)24-18(4)28-15-35-24;1-16(2)29-25(27(6,7)8)26(33)31-14-22(32)13-23(31)18(4)30-17(3)20-9-11-21(12-10-20)24-19(5)28-15-34-24;1-17(2)28-23(26(3,4)5)25(33)30-16-20(31)14-22(30)24(32)27-15-18-9-11-19(12-10-18)21-8-7-13-29(21)6;/h7-12,17-19,24,26,29,39H,13-16H2,1-5H3,(H,35,40);8-11,15-16,21-23,25,29-30,32-33H,3,12-14H2,1-2,4-7H3;9-12,15-17,22-23,25,29-30,32H,4,13-14H2,1-3,5-8H3;7-13,17,20,22-23,28,31H,14-16H2,1-6H3,(H,27,32);1H4/t24-,26+,29+;21-,22+,23+,25-;17-,22-,23+,25+;20-,22+,23-;/m1101./s1. The van der Waals surface area contributed by atoms with Gasteiger partial charge in [0.05, 0.1) is 134 Å². The van der Waals surface area contributed by atoms with Crippen molar-refractivity contribution in [2.24, 2.45) is 29.2 Å². The Hall–Kier alpha value is -11.4. The summed E-state index contributed by atoms with van der Waals surface area (Å²) < 4.78 is 8.16. The fourth-order valence-electron chi connectivity index (χ4n) is 19.5. The number of aliphatic hydroxyl groups excluding tert-OH is 5. The van der Waals surface area contributed by atoms with E-state index in [1.54, 1.807) is 72.4 Å². The number of carbonyl (C=O) groups is 7. The molecule has 4 aromatic heterocycles. The van der Waals surface area contributed by atoms with E-state index in [1.165, 1.54) is 14.7 Å². The Morgan fingerprint density at radius 2 is 0.912 bits per heavy atom. The summed E-state index contributed by atoms with van der Waals surface area (Å²) in [5, 5.41) is 74.8. The van der Waals surface area contributed by atoms with Crippen LogP contribution in [0.1, 0.15) is 239 Å². The molecule has 0 spiro atoms. The van der Waals surface area contributed by atoms with Crippen LogP contribution < -0.4 is 42.0 Å². The molecule has 7 amide bonds. The topological polar surface area (TPSA) is 378 Å². The fourth-order valence-corrected chi connectivity index (χ4v) is 21.9. The van der Waals surface area contributed by atoms with Gasteiger partial charge in [-0.2, -0.15) is 0 Å². The molecule has 0 bridgehead atoms. The first-order valence-electron chi connectivity index (χ1n) is 50.8. The van der Waals surface area contributed by atoms with Crippen molar-refractivity contribution >= 4 is 81.0 Å². The zero-order chi connectivity index (χ0) is 107. The second-order valence-corrected chi connectivity index (χ2v) is 46.5. The molecule has 147 heavy (non-hydrogen) atoms. The molecule has 4 saturated heterocycles. The average Bonchev–Trinajstić information content (AvgIpc) is 1.61. The summed E-state index contributed by atoms with van der Waals surface area (Å²) in [7, 11) is 2.01. The van der Waals surface area contributed by atoms with Gasteiger partial charge in [-0.25, -0.2) is 19.8 Å². The van der Waals surface area contributed by atoms with E-state index in [2.05, 4.69) is 133 Å². The lowest BCUT2D eigenvalue weighted by Gasteiger charge is -2.37. The van der Waals surface area contributed by atoms with Crippen molar-refractivity contribution in [2.75, 3.05) is 32.8 Å². The van der Waals surface area contributed by atoms with Gasteiger partial charge in [0, 0.05) is 132 Å². The number of likely N-dealkylation sites (tertiary alicyclic amines) is 4. The van der Waals surface area contributed by atoms with Crippen molar-refractivity contribution < 1.29 is 63.8 Å². The highest BCUT2D eigenvalue weighted by molar-refractivity contribution is 7.14. The fraction of sp³-hybridized carbons (Fsp3) is 0.518. The van der Waals surface area contributed by atoms with Crippen molar-refractivity contribution in [3.8, 4) is 48.3 Å². The van der Waals surface area contributed by atoms with E-state index in [-0.39, 0.29) is 183 Å². The first kappa shape index (κ1) is 118. The number of benzene rings is 5. The third-order valence-electron chi connectivity index (χ3n) is 27.0. The van der Waals surface area contributed by atoms with E-state index in [0.29, 0.717) is 48.5 Å². The summed E-state index contributed by atoms with van der Waals surface area (Å²) in [6, 6.07) is 35.5. The molecule has 9 heterocycles. The normalized spacial score (nSPS) is 19.5. The van der Waals surface area contributed by atoms with Gasteiger partial charge in [-0.15, -0.1) is 34.0 Å². The van der Waals surface area contributed by atoms with Crippen molar-refractivity contribution in [1.29, 1.82) is 0 Å². The predicted octanol–water partition coefficient (Wildman–Crippen LogP) is 16.3. The number of hydrogen-bond acceptors (Lipinski definition) is 24. The second-order valence-electron chi connectivity index (χ2n) is 44.0. The lowest BCUT2D eigenvalue weighted by Crippen LogP contribution is -2.57. The highest BCUT2D eigenvalue weighted by Crippen LogP contribution is 2.41. The molecule has 14 rings (SSSR count). The van der Waals surface area contributed by atoms with Crippen LogP contribution >= 0.6 is 34.0 Å². The van der Waals surface area contributed by atoms with Crippen LogP contribution in [0.15, 0.2) is 169 Å². The highest BCUT2D eigenvalue weighted by atomic mass is 32.1. The Labute approximate surface area is 882 Å². The Morgan fingerprint density at radius 3 is 1.31 bits per heavy atom. The summed E-state index contributed by atoms with van der Waals surface area (Å²) in [5.74, 6) is -1.16. The molecule has 5 aromatic carbocycles. The zero-order valence-electron chi connectivity index (χ0n) is 89.4. The van der Waals surface area contributed by atoms with E-state index in [1.807, 2.05) is 229 Å². The van der Waals surface area contributed by atoms with Crippen molar-refractivity contribution in [1.82, 2.24) is 81.2 Å². The largest absolute Gasteiger partial charge is 0.491 e. The molecule has 0 aliphatic carbocycles. The Balaban J connectivity index is 0.000000202. The maximum absolute atomic E-state index is 14.1. The van der Waals surface area contributed by atoms with Crippen LogP contribution in [0.4, 0.5) is 5.69 Å². The predicted molar refractivity (Wildman–Crippen MR) is 587 cm³/mol. The van der Waals surface area contributed by atoms with E-state index < -0.39 is 54.5 Å². The Bertz CT molecular complexity index is 6020. The molecule has 5 aliphatic rings. The van der Waals surface area contributed by atoms with Gasteiger partial charge >= 0.3 is 0 Å². The summed E-state index contributed by atoms with van der Waals surface area (Å²) in [6.07, 6.45) is 0.440. The molecule has 796 valence electrons. The maximum atomic E-state index is 14.1. The summed E-state index contributed by atoms with van der Waals surface area (Å²) in [4.78, 5) is 123. The molecule has 0 saturated carbocycles. The van der Waals surface area contributed by atoms with Crippen LogP contribution in [0.5, 0.6) is 5.75 Å². The van der Waals surface area contributed by atoms with Crippen LogP contribution in [0.2, 0.25) is 0 Å². The first-order chi connectivity index (χ1) is 68.8. The number of amides is 7. The van der Waals surface area contributed by atoms with E-state index in [0.717, 1.165) is 82.7 Å². The number of aromatic nitrogens is 4. The van der Waals surface area contributed by atoms with Crippen molar-refractivity contribution in [2.45, 2.75) is 321 Å². The van der Waals surface area contributed by atoms with Crippen molar-refractivity contribution in [3.63, 3.8) is 0 Å². The number of β-amino-alcohol motifs (C(OH)–C–C–N with tert-alkyl or cyclic N) is 4. The third kappa shape index (κ3) is 29.8. The number of ether oxygens (including phenoxy) is 1. The maximum Gasteiger partial charge on any atom is 0.246 e. The van der Waals surface area contributed by atoms with Gasteiger partial charge in [-0.05, 0) is 126 Å². The minimum absolute atomic E-state index is 0. The van der Waals surface area contributed by atoms with Gasteiger partial charge < -0.3 is 96.6 Å². The number of thiazole rings is 3. The van der Waals surface area contributed by atoms with Crippen molar-refractivity contribution in [3.05, 3.63) is 230 Å². The molecule has 30 nitrogen and oxygen atoms in total. The molecule has 0 unspecified atom stereocenters. The van der Waals surface area contributed by atoms with E-state index in [9.17, 15) is 59.1 Å². The molecule has 0 radical (unpaired) electrons. The minimum Gasteiger partial charge on any atom is -0.491 e. The number of carbonyl (C=O) groups excluding carboxylic acids is 7. The lowest BCUT2D eigenvalue weighted by molar-refractivity contribution is -0.143. The van der Waals surface area contributed by atoms with Crippen LogP contribution in [0.3, 0.4) is 0 Å². The summed E-state index contributed by atoms with van der Waals surface area (Å²) in [6.45, 7) is 63.5. The number of hydrogen-bond donors (Lipinski definition) is 12. The number of nitrogens with zero attached hydrogens (tertiary/aromatic N) is 10. The number of aryl methyl sites for hydroxylation is 4. The number of rotatable bonds is 33. The minimum atomic E-state index is -0.897. The molecule has 4 fully saturated rings. The van der Waals surface area contributed by atoms with Gasteiger partial charge in [0.1, 0.15) is 23.9 Å². The van der Waals surface area contributed by atoms with E-state index >= 15 is 0 Å². The quantitative estimate of drug-likeness (QED) is 0.0170. The van der Waals surface area contributed by atoms with Gasteiger partial charge in [-0.3, -0.25) is 33.6 Å². The first-order valence-corrected chi connectivity index (χ1v) is 53.4. The van der Waals surface area contributed by atoms with Gasteiger partial charge in [0.25, 0.3) is 0 Å². The van der Waals surface area contributed by atoms with E-state index in [4.69, 9.17) is 11.3 Å². The number of fused-ring (bicyclic) bond motifs is 1. The summed E-state index contributed by atoms with van der Waals surface area (Å²) >= 11 is 4.80. The Morgan fingerprint density at radius 1 is 0.510 bits per heavy atom. The third-order valence-corrected chi connectivity index (χ3v) is 29.9. The van der Waals surface area contributed by atoms with Crippen LogP contribution in [0, 0.1) is 49.5 Å². The molecule has 5 aliphatic heterocycles. The lowest BCUT2D eigenvalue weighted by atomic mass is 9.85. The van der Waals surface area contributed by atoms with Crippen LogP contribution in [-0.2, 0) is 55.4 Å². The van der Waals surface area contributed by atoms with Gasteiger partial charge in [0.2, 0.25) is 41.4 Å². The van der Waals surface area contributed by atoms with Gasteiger partial charge in [-0.1, -0.05) is 241 Å². The highest BCUT2D eigenvalue weighted by Gasteiger charge is 2.50. The smallest absolute Gasteiger partial charge is 0.246 e. The number of nitrogens with one attached hydrogen (secondary N) is 7. The molecular weight excluding hydrogens is 1910 g/mol. The van der Waals surface area contributed by atoms with Crippen LogP contribution in [-0.4, -0.2) is 241 Å². The molecular formula is C114H159N17O13S3. The Kier molecular flexibility index (Phi) is 40.9. The molecule has 33 heteroatoms. The number of aliphatic hydroxyl groups is 5. The molecule has 9 aromatic rings. The van der Waals surface area contributed by atoms with Crippen LogP contribution in [0.25, 0.3) is 47.4 Å². The zero-order valence-corrected chi connectivity index (χ0v) is 91.9.